The van der Waals surface area contributed by atoms with Crippen molar-refractivity contribution in [1.29, 1.82) is 0 Å². The fourth-order valence-electron chi connectivity index (χ4n) is 2.57. The maximum atomic E-state index is 9.99. The van der Waals surface area contributed by atoms with Crippen molar-refractivity contribution in [2.24, 2.45) is 0 Å². The Morgan fingerprint density at radius 3 is 2.58 bits per heavy atom. The minimum absolute atomic E-state index is 0.144. The van der Waals surface area contributed by atoms with Crippen LogP contribution in [0.15, 0.2) is 12.1 Å². The number of rotatable bonds is 3. The molecular weight excluding hydrogens is 283 g/mol. The fourth-order valence-corrected chi connectivity index (χ4v) is 3.11. The number of phenols is 1. The van der Waals surface area contributed by atoms with E-state index in [1.165, 1.54) is 0 Å². The summed E-state index contributed by atoms with van der Waals surface area (Å²) in [5.74, 6) is 0.144. The van der Waals surface area contributed by atoms with E-state index < -0.39 is 0 Å². The van der Waals surface area contributed by atoms with E-state index in [1.807, 2.05) is 0 Å². The van der Waals surface area contributed by atoms with Gasteiger partial charge in [0.05, 0.1) is 5.02 Å². The van der Waals surface area contributed by atoms with E-state index >= 15 is 0 Å². The van der Waals surface area contributed by atoms with Gasteiger partial charge in [0, 0.05) is 23.2 Å². The smallest absolute Gasteiger partial charge is 0.138 e. The molecular formula is C14H20Cl2N2O. The summed E-state index contributed by atoms with van der Waals surface area (Å²) in [7, 11) is 4.24. The van der Waals surface area contributed by atoms with Crippen molar-refractivity contribution in [3.8, 4) is 5.75 Å². The van der Waals surface area contributed by atoms with Gasteiger partial charge in [-0.15, -0.1) is 0 Å². The van der Waals surface area contributed by atoms with E-state index in [1.54, 1.807) is 12.1 Å². The summed E-state index contributed by atoms with van der Waals surface area (Å²) in [6.45, 7) is 2.91. The molecule has 2 rings (SSSR count). The number of benzene rings is 1. The predicted octanol–water partition coefficient (Wildman–Crippen LogP) is 3.23. The predicted molar refractivity (Wildman–Crippen MR) is 80.1 cm³/mol. The molecule has 19 heavy (non-hydrogen) atoms. The van der Waals surface area contributed by atoms with Gasteiger partial charge in [-0.3, -0.25) is 4.90 Å². The molecule has 106 valence electrons. The lowest BCUT2D eigenvalue weighted by Gasteiger charge is -2.35. The summed E-state index contributed by atoms with van der Waals surface area (Å²) in [5.41, 5.74) is 0.791. The van der Waals surface area contributed by atoms with Gasteiger partial charge < -0.3 is 10.0 Å². The Labute approximate surface area is 124 Å². The molecule has 0 aromatic heterocycles. The Hall–Kier alpha value is -0.480. The molecule has 1 aliphatic rings. The van der Waals surface area contributed by atoms with Crippen LogP contribution in [0.5, 0.6) is 5.75 Å². The lowest BCUT2D eigenvalue weighted by Crippen LogP contribution is -2.41. The number of likely N-dealkylation sites (tertiary alicyclic amines) is 1. The number of aromatic hydroxyl groups is 1. The van der Waals surface area contributed by atoms with Gasteiger partial charge >= 0.3 is 0 Å². The monoisotopic (exact) mass is 302 g/mol. The van der Waals surface area contributed by atoms with Crippen LogP contribution in [-0.4, -0.2) is 48.1 Å². The average molecular weight is 303 g/mol. The molecule has 3 nitrogen and oxygen atoms in total. The van der Waals surface area contributed by atoms with Crippen LogP contribution in [0.2, 0.25) is 10.0 Å². The SMILES string of the molecule is CN1CCC(N(C)Cc2cc(Cl)cc(Cl)c2O)CC1. The number of piperidine rings is 1. The highest BCUT2D eigenvalue weighted by Crippen LogP contribution is 2.32. The van der Waals surface area contributed by atoms with E-state index in [0.717, 1.165) is 31.5 Å². The Kier molecular flexibility index (Phi) is 4.96. The molecule has 1 N–H and O–H groups in total. The van der Waals surface area contributed by atoms with Crippen molar-refractivity contribution in [2.75, 3.05) is 27.2 Å². The van der Waals surface area contributed by atoms with Crippen LogP contribution in [0.3, 0.4) is 0 Å². The third kappa shape index (κ3) is 3.76. The molecule has 0 saturated carbocycles. The Morgan fingerprint density at radius 2 is 1.95 bits per heavy atom. The Bertz CT molecular complexity index is 445. The first-order valence-corrected chi connectivity index (χ1v) is 7.28. The van der Waals surface area contributed by atoms with E-state index in [9.17, 15) is 5.11 Å². The molecule has 1 fully saturated rings. The van der Waals surface area contributed by atoms with Crippen LogP contribution in [0.1, 0.15) is 18.4 Å². The number of nitrogens with zero attached hydrogens (tertiary/aromatic N) is 2. The molecule has 0 aliphatic carbocycles. The van der Waals surface area contributed by atoms with Gasteiger partial charge in [0.15, 0.2) is 0 Å². The van der Waals surface area contributed by atoms with E-state index in [4.69, 9.17) is 23.2 Å². The first kappa shape index (κ1) is 14.9. The van der Waals surface area contributed by atoms with Gasteiger partial charge in [-0.05, 0) is 52.2 Å². The largest absolute Gasteiger partial charge is 0.506 e. The molecule has 0 spiro atoms. The highest BCUT2D eigenvalue weighted by molar-refractivity contribution is 6.35. The van der Waals surface area contributed by atoms with Crippen LogP contribution in [0.25, 0.3) is 0 Å². The molecule has 5 heteroatoms. The molecule has 1 saturated heterocycles. The molecule has 0 bridgehead atoms. The molecule has 1 aliphatic heterocycles. The number of phenolic OH excluding ortho intramolecular Hbond substituents is 1. The Morgan fingerprint density at radius 1 is 1.32 bits per heavy atom. The quantitative estimate of drug-likeness (QED) is 0.929. The molecule has 1 aromatic carbocycles. The lowest BCUT2D eigenvalue weighted by atomic mass is 10.0. The topological polar surface area (TPSA) is 26.7 Å². The van der Waals surface area contributed by atoms with Gasteiger partial charge in [0.2, 0.25) is 0 Å². The molecule has 1 heterocycles. The lowest BCUT2D eigenvalue weighted by molar-refractivity contribution is 0.138. The number of halogens is 2. The van der Waals surface area contributed by atoms with Crippen molar-refractivity contribution in [3.63, 3.8) is 0 Å². The van der Waals surface area contributed by atoms with Crippen molar-refractivity contribution in [1.82, 2.24) is 9.80 Å². The van der Waals surface area contributed by atoms with Crippen LogP contribution < -0.4 is 0 Å². The summed E-state index contributed by atoms with van der Waals surface area (Å²) in [5, 5.41) is 10.9. The molecule has 0 radical (unpaired) electrons. The van der Waals surface area contributed by atoms with E-state index in [0.29, 0.717) is 22.6 Å². The van der Waals surface area contributed by atoms with Crippen LogP contribution in [-0.2, 0) is 6.54 Å². The van der Waals surface area contributed by atoms with E-state index in [-0.39, 0.29) is 5.75 Å². The zero-order valence-corrected chi connectivity index (χ0v) is 12.9. The molecule has 1 aromatic rings. The fraction of sp³-hybridized carbons (Fsp3) is 0.571. The third-order valence-corrected chi connectivity index (χ3v) is 4.34. The van der Waals surface area contributed by atoms with E-state index in [2.05, 4.69) is 23.9 Å². The summed E-state index contributed by atoms with van der Waals surface area (Å²) in [6.07, 6.45) is 2.31. The molecule has 0 amide bonds. The van der Waals surface area contributed by atoms with Crippen LogP contribution >= 0.6 is 23.2 Å². The second-order valence-electron chi connectivity index (χ2n) is 5.34. The highest BCUT2D eigenvalue weighted by Gasteiger charge is 2.21. The molecule has 0 unspecified atom stereocenters. The van der Waals surface area contributed by atoms with Crippen molar-refractivity contribution in [2.45, 2.75) is 25.4 Å². The van der Waals surface area contributed by atoms with Crippen molar-refractivity contribution < 1.29 is 5.11 Å². The van der Waals surface area contributed by atoms with Crippen molar-refractivity contribution >= 4 is 23.2 Å². The summed E-state index contributed by atoms with van der Waals surface area (Å²) >= 11 is 11.9. The molecule has 0 atom stereocenters. The number of hydrogen-bond donors (Lipinski definition) is 1. The van der Waals surface area contributed by atoms with Gasteiger partial charge in [-0.1, -0.05) is 23.2 Å². The average Bonchev–Trinajstić information content (AvgIpc) is 2.36. The zero-order valence-electron chi connectivity index (χ0n) is 11.4. The summed E-state index contributed by atoms with van der Waals surface area (Å²) in [6, 6.07) is 3.90. The standard InChI is InChI=1S/C14H20Cl2N2O/c1-17-5-3-12(4-6-17)18(2)9-10-7-11(15)8-13(16)14(10)19/h7-8,12,19H,3-6,9H2,1-2H3. The summed E-state index contributed by atoms with van der Waals surface area (Å²) in [4.78, 5) is 4.62. The van der Waals surface area contributed by atoms with Gasteiger partial charge in [-0.2, -0.15) is 0 Å². The first-order valence-electron chi connectivity index (χ1n) is 6.53. The highest BCUT2D eigenvalue weighted by atomic mass is 35.5. The zero-order chi connectivity index (χ0) is 14.0. The second-order valence-corrected chi connectivity index (χ2v) is 6.19. The van der Waals surface area contributed by atoms with Gasteiger partial charge in [0.1, 0.15) is 5.75 Å². The minimum Gasteiger partial charge on any atom is -0.506 e. The summed E-state index contributed by atoms with van der Waals surface area (Å²) < 4.78 is 0. The van der Waals surface area contributed by atoms with Crippen LogP contribution in [0, 0.1) is 0 Å². The van der Waals surface area contributed by atoms with Gasteiger partial charge in [0.25, 0.3) is 0 Å². The van der Waals surface area contributed by atoms with Crippen LogP contribution in [0.4, 0.5) is 0 Å². The first-order chi connectivity index (χ1) is 8.97. The van der Waals surface area contributed by atoms with Gasteiger partial charge in [-0.25, -0.2) is 0 Å². The van der Waals surface area contributed by atoms with Crippen molar-refractivity contribution in [3.05, 3.63) is 27.7 Å². The minimum atomic E-state index is 0.144. The Balaban J connectivity index is 2.04. The maximum absolute atomic E-state index is 9.99. The second kappa shape index (κ2) is 6.31. The number of hydrogen-bond acceptors (Lipinski definition) is 3. The maximum Gasteiger partial charge on any atom is 0.138 e. The third-order valence-electron chi connectivity index (χ3n) is 3.84. The normalized spacial score (nSPS) is 18.2.